The average molecular weight is 320 g/mol. The standard InChI is InChI=1S/C7H7F7O4S/c1-3-17-7(13,5(8,9)6(10,11)12)18-4(2)19(14,15)16/h3-4H,1H2,2H3. The van der Waals surface area contributed by atoms with E-state index in [2.05, 4.69) is 16.1 Å². The molecule has 0 aliphatic heterocycles. The van der Waals surface area contributed by atoms with Gasteiger partial charge in [-0.05, 0) is 6.92 Å². The van der Waals surface area contributed by atoms with Gasteiger partial charge in [-0.15, -0.1) is 3.89 Å². The minimum absolute atomic E-state index is 0.183. The molecule has 0 aromatic heterocycles. The molecule has 0 radical (unpaired) electrons. The Morgan fingerprint density at radius 2 is 1.58 bits per heavy atom. The largest absolute Gasteiger partial charge is 0.464 e. The highest BCUT2D eigenvalue weighted by Crippen LogP contribution is 2.47. The molecule has 0 bridgehead atoms. The number of rotatable bonds is 6. The molecule has 0 N–H and O–H groups in total. The molecular weight excluding hydrogens is 313 g/mol. The Labute approximate surface area is 103 Å². The predicted molar refractivity (Wildman–Crippen MR) is 46.7 cm³/mol. The smallest absolute Gasteiger partial charge is 0.440 e. The van der Waals surface area contributed by atoms with Gasteiger partial charge in [0.05, 0.1) is 6.26 Å². The van der Waals surface area contributed by atoms with E-state index in [9.17, 15) is 38.6 Å². The predicted octanol–water partition coefficient (Wildman–Crippen LogP) is 2.63. The molecule has 4 nitrogen and oxygen atoms in total. The fourth-order valence-electron chi connectivity index (χ4n) is 0.723. The van der Waals surface area contributed by atoms with Crippen molar-refractivity contribution in [1.29, 1.82) is 0 Å². The minimum Gasteiger partial charge on any atom is -0.440 e. The Bertz CT molecular complexity index is 431. The first-order valence-corrected chi connectivity index (χ1v) is 5.67. The molecular formula is C7H7F7O4S. The third-order valence-electron chi connectivity index (χ3n) is 1.68. The number of alkyl halides is 6. The lowest BCUT2D eigenvalue weighted by atomic mass is 10.3. The number of halogens is 7. The van der Waals surface area contributed by atoms with E-state index in [1.165, 1.54) is 0 Å². The molecule has 2 atom stereocenters. The van der Waals surface area contributed by atoms with Gasteiger partial charge in [0.1, 0.15) is 0 Å². The van der Waals surface area contributed by atoms with Crippen molar-refractivity contribution < 1.29 is 48.1 Å². The Kier molecular flexibility index (Phi) is 4.87. The molecule has 0 aliphatic rings. The molecule has 0 saturated carbocycles. The first-order valence-electron chi connectivity index (χ1n) is 4.22. The lowest BCUT2D eigenvalue weighted by molar-refractivity contribution is -0.451. The van der Waals surface area contributed by atoms with Crippen LogP contribution in [0.4, 0.5) is 30.2 Å². The summed E-state index contributed by atoms with van der Waals surface area (Å²) >= 11 is 0. The fourth-order valence-corrected chi connectivity index (χ4v) is 0.962. The van der Waals surface area contributed by atoms with Gasteiger partial charge in [-0.2, -0.15) is 34.8 Å². The molecule has 0 saturated heterocycles. The van der Waals surface area contributed by atoms with Crippen LogP contribution in [0.15, 0.2) is 12.8 Å². The highest BCUT2D eigenvalue weighted by molar-refractivity contribution is 7.86. The van der Waals surface area contributed by atoms with Crippen LogP contribution in [0, 0.1) is 0 Å². The molecule has 114 valence electrons. The fraction of sp³-hybridized carbons (Fsp3) is 0.714. The summed E-state index contributed by atoms with van der Waals surface area (Å²) in [5.41, 5.74) is -2.97. The number of hydrogen-bond acceptors (Lipinski definition) is 4. The van der Waals surface area contributed by atoms with Crippen LogP contribution in [0.2, 0.25) is 0 Å². The van der Waals surface area contributed by atoms with Crippen LogP contribution < -0.4 is 0 Å². The summed E-state index contributed by atoms with van der Waals surface area (Å²) in [6, 6.07) is -5.29. The van der Waals surface area contributed by atoms with Crippen LogP contribution in [0.25, 0.3) is 0 Å². The molecule has 19 heavy (non-hydrogen) atoms. The topological polar surface area (TPSA) is 52.6 Å². The van der Waals surface area contributed by atoms with E-state index in [1.807, 2.05) is 0 Å². The molecule has 2 unspecified atom stereocenters. The Balaban J connectivity index is 5.57. The van der Waals surface area contributed by atoms with E-state index < -0.39 is 33.8 Å². The number of hydrogen-bond donors (Lipinski definition) is 0. The zero-order valence-electron chi connectivity index (χ0n) is 9.05. The Morgan fingerprint density at radius 3 is 1.84 bits per heavy atom. The van der Waals surface area contributed by atoms with Crippen molar-refractivity contribution in [2.24, 2.45) is 0 Å². The van der Waals surface area contributed by atoms with Gasteiger partial charge in [0.25, 0.3) is 0 Å². The van der Waals surface area contributed by atoms with Crippen LogP contribution in [-0.2, 0) is 19.7 Å². The highest BCUT2D eigenvalue weighted by Gasteiger charge is 2.76. The van der Waals surface area contributed by atoms with Crippen molar-refractivity contribution >= 4 is 10.2 Å². The maximum Gasteiger partial charge on any atom is 0.464 e. The summed E-state index contributed by atoms with van der Waals surface area (Å²) in [5.74, 6) is -6.27. The zero-order chi connectivity index (χ0) is 15.7. The molecule has 0 spiro atoms. The Hall–Kier alpha value is -1.04. The Morgan fingerprint density at radius 1 is 1.16 bits per heavy atom. The molecule has 12 heteroatoms. The summed E-state index contributed by atoms with van der Waals surface area (Å²) in [5, 5.41) is 0. The SMILES string of the molecule is C=COC(F)(OC(C)S(=O)(=O)F)C(F)(F)C(F)(F)F. The zero-order valence-corrected chi connectivity index (χ0v) is 9.87. The monoisotopic (exact) mass is 320 g/mol. The molecule has 0 fully saturated rings. The quantitative estimate of drug-likeness (QED) is 0.327. The maximum atomic E-state index is 13.4. The van der Waals surface area contributed by atoms with Crippen LogP contribution in [-0.4, -0.2) is 32.0 Å². The van der Waals surface area contributed by atoms with E-state index in [0.29, 0.717) is 0 Å². The second-order valence-corrected chi connectivity index (χ2v) is 4.67. The van der Waals surface area contributed by atoms with Gasteiger partial charge in [0, 0.05) is 0 Å². The molecule has 0 aromatic rings. The lowest BCUT2D eigenvalue weighted by Gasteiger charge is -2.33. The minimum atomic E-state index is -6.48. The van der Waals surface area contributed by atoms with Crippen molar-refractivity contribution in [1.82, 2.24) is 0 Å². The summed E-state index contributed by atoms with van der Waals surface area (Å²) in [4.78, 5) is 0. The van der Waals surface area contributed by atoms with Crippen molar-refractivity contribution in [3.63, 3.8) is 0 Å². The van der Waals surface area contributed by atoms with E-state index in [4.69, 9.17) is 0 Å². The van der Waals surface area contributed by atoms with Gasteiger partial charge < -0.3 is 4.74 Å². The molecule has 0 aliphatic carbocycles. The second kappa shape index (κ2) is 5.15. The highest BCUT2D eigenvalue weighted by atomic mass is 32.3. The summed E-state index contributed by atoms with van der Waals surface area (Å²) in [7, 11) is -5.74. The van der Waals surface area contributed by atoms with E-state index in [0.717, 1.165) is 0 Å². The van der Waals surface area contributed by atoms with E-state index in [1.54, 1.807) is 0 Å². The van der Waals surface area contributed by atoms with Gasteiger partial charge in [-0.25, -0.2) is 0 Å². The van der Waals surface area contributed by atoms with Gasteiger partial charge in [0.15, 0.2) is 5.44 Å². The van der Waals surface area contributed by atoms with Crippen molar-refractivity contribution in [3.05, 3.63) is 12.8 Å². The normalized spacial score (nSPS) is 18.5. The van der Waals surface area contributed by atoms with Gasteiger partial charge in [-0.3, -0.25) is 4.74 Å². The van der Waals surface area contributed by atoms with Crippen molar-refractivity contribution in [2.45, 2.75) is 30.5 Å². The van der Waals surface area contributed by atoms with Gasteiger partial charge >= 0.3 is 28.4 Å². The lowest BCUT2D eigenvalue weighted by Crippen LogP contribution is -2.58. The van der Waals surface area contributed by atoms with Crippen LogP contribution in [0.5, 0.6) is 0 Å². The summed E-state index contributed by atoms with van der Waals surface area (Å²) in [6.07, 6.45) is -6.66. The average Bonchev–Trinajstić information content (AvgIpc) is 2.14. The van der Waals surface area contributed by atoms with Crippen LogP contribution in [0.1, 0.15) is 6.92 Å². The summed E-state index contributed by atoms with van der Waals surface area (Å²) in [6.45, 7) is 2.72. The summed E-state index contributed by atoms with van der Waals surface area (Å²) < 4.78 is 114. The first-order chi connectivity index (χ1) is 8.19. The third kappa shape index (κ3) is 3.72. The van der Waals surface area contributed by atoms with Crippen molar-refractivity contribution in [3.8, 4) is 0 Å². The second-order valence-electron chi connectivity index (χ2n) is 3.05. The number of ether oxygens (including phenoxy) is 2. The maximum absolute atomic E-state index is 13.4. The third-order valence-corrected chi connectivity index (χ3v) is 2.57. The molecule has 0 heterocycles. The molecule has 0 rings (SSSR count). The molecule has 0 aromatic carbocycles. The van der Waals surface area contributed by atoms with Gasteiger partial charge in [0.2, 0.25) is 0 Å². The van der Waals surface area contributed by atoms with Crippen LogP contribution in [0.3, 0.4) is 0 Å². The van der Waals surface area contributed by atoms with E-state index >= 15 is 0 Å². The first kappa shape index (κ1) is 18.0. The van der Waals surface area contributed by atoms with Crippen LogP contribution >= 0.6 is 0 Å². The van der Waals surface area contributed by atoms with E-state index in [-0.39, 0.29) is 13.2 Å². The molecule has 0 amide bonds. The van der Waals surface area contributed by atoms with Crippen molar-refractivity contribution in [2.75, 3.05) is 0 Å². The van der Waals surface area contributed by atoms with Gasteiger partial charge in [-0.1, -0.05) is 6.58 Å².